The molecule has 0 aliphatic rings. The Kier molecular flexibility index (Phi) is 4.80. The number of hydrogen-bond acceptors (Lipinski definition) is 4. The highest BCUT2D eigenvalue weighted by molar-refractivity contribution is 9.10. The summed E-state index contributed by atoms with van der Waals surface area (Å²) in [6.45, 7) is 4.48. The second-order valence-corrected chi connectivity index (χ2v) is 7.33. The van der Waals surface area contributed by atoms with Crippen molar-refractivity contribution in [2.24, 2.45) is 7.05 Å². The first-order valence-corrected chi connectivity index (χ1v) is 8.70. The van der Waals surface area contributed by atoms with Crippen LogP contribution < -0.4 is 0 Å². The van der Waals surface area contributed by atoms with E-state index in [-0.39, 0.29) is 9.63 Å². The molecule has 0 unspecified atom stereocenters. The van der Waals surface area contributed by atoms with Crippen LogP contribution in [0.1, 0.15) is 18.1 Å². The van der Waals surface area contributed by atoms with Gasteiger partial charge < -0.3 is 0 Å². The van der Waals surface area contributed by atoms with Crippen molar-refractivity contribution in [3.05, 3.63) is 40.0 Å². The zero-order valence-corrected chi connectivity index (χ0v) is 14.5. The van der Waals surface area contributed by atoms with E-state index in [2.05, 4.69) is 26.2 Å². The Morgan fingerprint density at radius 3 is 2.62 bits per heavy atom. The summed E-state index contributed by atoms with van der Waals surface area (Å²) in [5.74, 6) is 0. The smallest absolute Gasteiger partial charge is 0.235 e. The molecule has 0 fully saturated rings. The topological polar surface area (TPSA) is 68.1 Å². The van der Waals surface area contributed by atoms with Crippen LogP contribution in [0.3, 0.4) is 0 Å². The Morgan fingerprint density at radius 1 is 1.38 bits per heavy atom. The molecule has 21 heavy (non-hydrogen) atoms. The molecule has 1 heterocycles. The fourth-order valence-electron chi connectivity index (χ4n) is 2.10. The third-order valence-corrected chi connectivity index (χ3v) is 5.93. The molecule has 114 valence electrons. The predicted octanol–water partition coefficient (Wildman–Crippen LogP) is 2.10. The molecular weight excluding hydrogens is 356 g/mol. The van der Waals surface area contributed by atoms with E-state index in [0.29, 0.717) is 13.1 Å². The summed E-state index contributed by atoms with van der Waals surface area (Å²) in [6, 6.07) is 7.80. The predicted molar refractivity (Wildman–Crippen MR) is 83.2 cm³/mol. The minimum Gasteiger partial charge on any atom is -0.235 e. The molecule has 0 radical (unpaired) electrons. The van der Waals surface area contributed by atoms with Crippen LogP contribution in [0.4, 0.5) is 0 Å². The third kappa shape index (κ3) is 3.33. The largest absolute Gasteiger partial charge is 0.263 e. The van der Waals surface area contributed by atoms with Gasteiger partial charge in [0.05, 0.1) is 0 Å². The molecule has 0 amide bonds. The van der Waals surface area contributed by atoms with Gasteiger partial charge >= 0.3 is 0 Å². The molecule has 6 nitrogen and oxygen atoms in total. The molecule has 1 aromatic heterocycles. The third-order valence-electron chi connectivity index (χ3n) is 3.12. The van der Waals surface area contributed by atoms with E-state index < -0.39 is 10.0 Å². The number of aryl methyl sites for hydroxylation is 2. The number of aromatic nitrogens is 3. The molecule has 2 rings (SSSR count). The molecule has 2 aromatic rings. The van der Waals surface area contributed by atoms with Gasteiger partial charge in [-0.2, -0.15) is 4.31 Å². The quantitative estimate of drug-likeness (QED) is 0.805. The molecule has 0 aliphatic heterocycles. The zero-order chi connectivity index (χ0) is 15.6. The van der Waals surface area contributed by atoms with Crippen molar-refractivity contribution in [3.8, 4) is 0 Å². The van der Waals surface area contributed by atoms with Crippen molar-refractivity contribution < 1.29 is 8.42 Å². The molecule has 0 N–H and O–H groups in total. The Labute approximate surface area is 132 Å². The van der Waals surface area contributed by atoms with Gasteiger partial charge in [0.25, 0.3) is 10.0 Å². The Hall–Kier alpha value is -1.25. The summed E-state index contributed by atoms with van der Waals surface area (Å²) in [5.41, 5.74) is 2.05. The number of nitrogens with zero attached hydrogens (tertiary/aromatic N) is 4. The van der Waals surface area contributed by atoms with Crippen molar-refractivity contribution in [1.82, 2.24) is 19.3 Å². The highest BCUT2D eigenvalue weighted by Crippen LogP contribution is 2.23. The van der Waals surface area contributed by atoms with E-state index >= 15 is 0 Å². The van der Waals surface area contributed by atoms with Gasteiger partial charge in [0.2, 0.25) is 5.03 Å². The van der Waals surface area contributed by atoms with E-state index in [4.69, 9.17) is 0 Å². The molecular formula is C13H17BrN4O2S. The molecule has 0 saturated carbocycles. The van der Waals surface area contributed by atoms with E-state index in [1.807, 2.05) is 38.1 Å². The molecule has 0 bridgehead atoms. The van der Waals surface area contributed by atoms with E-state index in [1.54, 1.807) is 7.05 Å². The number of benzene rings is 1. The van der Waals surface area contributed by atoms with Crippen LogP contribution in [-0.4, -0.2) is 34.3 Å². The Bertz CT molecular complexity index is 723. The van der Waals surface area contributed by atoms with Gasteiger partial charge in [-0.15, -0.1) is 5.10 Å². The summed E-state index contributed by atoms with van der Waals surface area (Å²) in [4.78, 5) is 0. The lowest BCUT2D eigenvalue weighted by molar-refractivity contribution is 0.416. The number of rotatable bonds is 5. The standard InChI is InChI=1S/C13H17BrN4O2S/c1-4-18(9-11-7-5-6-10(2)8-11)21(19,20)13-12(14)15-16-17(13)3/h5-8H,4,9H2,1-3H3. The van der Waals surface area contributed by atoms with E-state index in [9.17, 15) is 8.42 Å². The maximum absolute atomic E-state index is 12.8. The van der Waals surface area contributed by atoms with Crippen molar-refractivity contribution in [3.63, 3.8) is 0 Å². The molecule has 1 aromatic carbocycles. The molecule has 0 aliphatic carbocycles. The molecule has 0 spiro atoms. The van der Waals surface area contributed by atoms with Gasteiger partial charge in [-0.05, 0) is 28.4 Å². The van der Waals surface area contributed by atoms with Crippen molar-refractivity contribution in [2.45, 2.75) is 25.4 Å². The van der Waals surface area contributed by atoms with Gasteiger partial charge in [-0.25, -0.2) is 13.1 Å². The monoisotopic (exact) mass is 372 g/mol. The van der Waals surface area contributed by atoms with Crippen molar-refractivity contribution >= 4 is 26.0 Å². The summed E-state index contributed by atoms with van der Waals surface area (Å²) < 4.78 is 28.4. The summed E-state index contributed by atoms with van der Waals surface area (Å²) >= 11 is 3.15. The molecule has 0 saturated heterocycles. The van der Waals surface area contributed by atoms with Crippen LogP contribution in [0.2, 0.25) is 0 Å². The van der Waals surface area contributed by atoms with Crippen LogP contribution in [0.25, 0.3) is 0 Å². The SMILES string of the molecule is CCN(Cc1cccc(C)c1)S(=O)(=O)c1c(Br)nnn1C. The maximum atomic E-state index is 12.8. The maximum Gasteiger partial charge on any atom is 0.263 e. The Morgan fingerprint density at radius 2 is 2.10 bits per heavy atom. The number of hydrogen-bond donors (Lipinski definition) is 0. The van der Waals surface area contributed by atoms with Gasteiger partial charge in [0.1, 0.15) is 0 Å². The summed E-state index contributed by atoms with van der Waals surface area (Å²) in [5, 5.41) is 7.55. The van der Waals surface area contributed by atoms with Crippen LogP contribution >= 0.6 is 15.9 Å². The highest BCUT2D eigenvalue weighted by Gasteiger charge is 2.30. The van der Waals surface area contributed by atoms with Gasteiger partial charge in [-0.3, -0.25) is 0 Å². The average molecular weight is 373 g/mol. The number of sulfonamides is 1. The van der Waals surface area contributed by atoms with Crippen molar-refractivity contribution in [2.75, 3.05) is 6.54 Å². The van der Waals surface area contributed by atoms with Gasteiger partial charge in [0.15, 0.2) is 4.60 Å². The van der Waals surface area contributed by atoms with Crippen LogP contribution in [0, 0.1) is 6.92 Å². The minimum atomic E-state index is -3.66. The van der Waals surface area contributed by atoms with Crippen LogP contribution in [0.15, 0.2) is 33.9 Å². The van der Waals surface area contributed by atoms with Crippen LogP contribution in [-0.2, 0) is 23.6 Å². The first-order chi connectivity index (χ1) is 9.86. The number of halogens is 1. The average Bonchev–Trinajstić information content (AvgIpc) is 2.76. The highest BCUT2D eigenvalue weighted by atomic mass is 79.9. The Balaban J connectivity index is 2.37. The van der Waals surface area contributed by atoms with E-state index in [0.717, 1.165) is 11.1 Å². The summed E-state index contributed by atoms with van der Waals surface area (Å²) in [7, 11) is -2.10. The first kappa shape index (κ1) is 16.1. The van der Waals surface area contributed by atoms with E-state index in [1.165, 1.54) is 8.99 Å². The molecule has 8 heteroatoms. The fraction of sp³-hybridized carbons (Fsp3) is 0.385. The van der Waals surface area contributed by atoms with Gasteiger partial charge in [-0.1, -0.05) is 42.0 Å². The fourth-order valence-corrected chi connectivity index (χ4v) is 4.57. The summed E-state index contributed by atoms with van der Waals surface area (Å²) in [6.07, 6.45) is 0. The van der Waals surface area contributed by atoms with Crippen LogP contribution in [0.5, 0.6) is 0 Å². The normalized spacial score (nSPS) is 12.0. The lowest BCUT2D eigenvalue weighted by Gasteiger charge is -2.20. The van der Waals surface area contributed by atoms with Crippen molar-refractivity contribution in [1.29, 1.82) is 0 Å². The second-order valence-electron chi connectivity index (χ2n) is 4.73. The lowest BCUT2D eigenvalue weighted by Crippen LogP contribution is -2.32. The van der Waals surface area contributed by atoms with Gasteiger partial charge in [0, 0.05) is 20.1 Å². The molecule has 0 atom stereocenters. The zero-order valence-electron chi connectivity index (χ0n) is 12.1. The lowest BCUT2D eigenvalue weighted by atomic mass is 10.1. The second kappa shape index (κ2) is 6.25. The minimum absolute atomic E-state index is 0.0667. The first-order valence-electron chi connectivity index (χ1n) is 6.47.